The highest BCUT2D eigenvalue weighted by Crippen LogP contribution is 2.28. The molecule has 0 aliphatic rings. The molecule has 1 rings (SSSR count). The van der Waals surface area contributed by atoms with Crippen molar-refractivity contribution in [2.75, 3.05) is 6.61 Å². The van der Waals surface area contributed by atoms with Gasteiger partial charge in [0.25, 0.3) is 0 Å². The van der Waals surface area contributed by atoms with Gasteiger partial charge in [-0.25, -0.2) is 0 Å². The standard InChI is InChI=1S/C11H13ClO2/c1-2-3-7-14-11-9(8-13)5-4-6-10(11)12/h2,4-6,13H,1,3,7-8H2. The molecule has 0 amide bonds. The molecule has 0 unspecified atom stereocenters. The molecule has 1 aromatic carbocycles. The fourth-order valence-corrected chi connectivity index (χ4v) is 1.33. The van der Waals surface area contributed by atoms with Gasteiger partial charge in [-0.2, -0.15) is 0 Å². The van der Waals surface area contributed by atoms with E-state index in [4.69, 9.17) is 21.4 Å². The number of rotatable bonds is 5. The minimum Gasteiger partial charge on any atom is -0.491 e. The molecule has 1 aromatic rings. The van der Waals surface area contributed by atoms with Crippen molar-refractivity contribution in [3.8, 4) is 5.75 Å². The Labute approximate surface area is 88.8 Å². The minimum absolute atomic E-state index is 0.0655. The second-order valence-electron chi connectivity index (χ2n) is 2.81. The number of hydrogen-bond donors (Lipinski definition) is 1. The highest BCUT2D eigenvalue weighted by Gasteiger charge is 2.06. The van der Waals surface area contributed by atoms with Crippen LogP contribution in [-0.2, 0) is 6.61 Å². The maximum Gasteiger partial charge on any atom is 0.143 e. The van der Waals surface area contributed by atoms with Crippen molar-refractivity contribution in [3.05, 3.63) is 41.4 Å². The average Bonchev–Trinajstić information content (AvgIpc) is 2.20. The molecule has 0 aromatic heterocycles. The van der Waals surface area contributed by atoms with Crippen molar-refractivity contribution in [1.82, 2.24) is 0 Å². The summed E-state index contributed by atoms with van der Waals surface area (Å²) in [5.41, 5.74) is 0.710. The molecule has 1 N–H and O–H groups in total. The van der Waals surface area contributed by atoms with Gasteiger partial charge in [-0.15, -0.1) is 6.58 Å². The molecular weight excluding hydrogens is 200 g/mol. The second-order valence-corrected chi connectivity index (χ2v) is 3.22. The molecule has 0 fully saturated rings. The summed E-state index contributed by atoms with van der Waals surface area (Å²) in [7, 11) is 0. The first kappa shape index (κ1) is 11.1. The van der Waals surface area contributed by atoms with Crippen LogP contribution >= 0.6 is 11.6 Å². The van der Waals surface area contributed by atoms with E-state index >= 15 is 0 Å². The number of para-hydroxylation sites is 1. The maximum atomic E-state index is 9.04. The Bertz CT molecular complexity index is 310. The molecule has 0 spiro atoms. The summed E-state index contributed by atoms with van der Waals surface area (Å²) >= 11 is 5.93. The predicted octanol–water partition coefficient (Wildman–Crippen LogP) is 2.79. The van der Waals surface area contributed by atoms with Gasteiger partial charge in [0.1, 0.15) is 5.75 Å². The lowest BCUT2D eigenvalue weighted by atomic mass is 10.2. The Morgan fingerprint density at radius 1 is 1.50 bits per heavy atom. The van der Waals surface area contributed by atoms with Crippen LogP contribution in [0.4, 0.5) is 0 Å². The molecule has 0 bridgehead atoms. The van der Waals surface area contributed by atoms with E-state index < -0.39 is 0 Å². The number of aliphatic hydroxyl groups is 1. The number of halogens is 1. The van der Waals surface area contributed by atoms with Gasteiger partial charge < -0.3 is 9.84 Å². The highest BCUT2D eigenvalue weighted by molar-refractivity contribution is 6.32. The van der Waals surface area contributed by atoms with Crippen LogP contribution in [0.3, 0.4) is 0 Å². The van der Waals surface area contributed by atoms with Crippen molar-refractivity contribution in [3.63, 3.8) is 0 Å². The zero-order valence-electron chi connectivity index (χ0n) is 7.87. The lowest BCUT2D eigenvalue weighted by Crippen LogP contribution is -1.99. The molecule has 14 heavy (non-hydrogen) atoms. The summed E-state index contributed by atoms with van der Waals surface area (Å²) in [5.74, 6) is 0.568. The Morgan fingerprint density at radius 2 is 2.29 bits per heavy atom. The second kappa shape index (κ2) is 5.68. The van der Waals surface area contributed by atoms with E-state index in [1.807, 2.05) is 0 Å². The lowest BCUT2D eigenvalue weighted by Gasteiger charge is -2.10. The van der Waals surface area contributed by atoms with Crippen LogP contribution in [0.25, 0.3) is 0 Å². The van der Waals surface area contributed by atoms with Crippen LogP contribution in [0.2, 0.25) is 5.02 Å². The van der Waals surface area contributed by atoms with Crippen LogP contribution in [-0.4, -0.2) is 11.7 Å². The fourth-order valence-electron chi connectivity index (χ4n) is 1.08. The van der Waals surface area contributed by atoms with Crippen LogP contribution in [0.1, 0.15) is 12.0 Å². The molecular formula is C11H13ClO2. The Kier molecular flexibility index (Phi) is 4.50. The molecule has 0 atom stereocenters. The minimum atomic E-state index is -0.0655. The zero-order valence-corrected chi connectivity index (χ0v) is 8.63. The van der Waals surface area contributed by atoms with Gasteiger partial charge in [0, 0.05) is 5.56 Å². The van der Waals surface area contributed by atoms with E-state index in [-0.39, 0.29) is 6.61 Å². The van der Waals surface area contributed by atoms with Gasteiger partial charge in [0.15, 0.2) is 0 Å². The van der Waals surface area contributed by atoms with Crippen LogP contribution in [0.15, 0.2) is 30.9 Å². The van der Waals surface area contributed by atoms with Gasteiger partial charge in [-0.1, -0.05) is 29.8 Å². The molecule has 0 aliphatic heterocycles. The topological polar surface area (TPSA) is 29.5 Å². The SMILES string of the molecule is C=CCCOc1c(Cl)cccc1CO. The van der Waals surface area contributed by atoms with E-state index in [9.17, 15) is 0 Å². The highest BCUT2D eigenvalue weighted by atomic mass is 35.5. The van der Waals surface area contributed by atoms with Crippen molar-refractivity contribution in [2.45, 2.75) is 13.0 Å². The Hall–Kier alpha value is -0.990. The third kappa shape index (κ3) is 2.76. The molecule has 76 valence electrons. The molecule has 3 heteroatoms. The summed E-state index contributed by atoms with van der Waals surface area (Å²) in [6, 6.07) is 5.31. The van der Waals surface area contributed by atoms with Gasteiger partial charge in [-0.3, -0.25) is 0 Å². The molecule has 0 radical (unpaired) electrons. The molecule has 0 saturated carbocycles. The van der Waals surface area contributed by atoms with Crippen molar-refractivity contribution < 1.29 is 9.84 Å². The van der Waals surface area contributed by atoms with E-state index in [0.717, 1.165) is 6.42 Å². The quantitative estimate of drug-likeness (QED) is 0.601. The van der Waals surface area contributed by atoms with E-state index in [1.54, 1.807) is 24.3 Å². The average molecular weight is 213 g/mol. The third-order valence-corrected chi connectivity index (χ3v) is 2.08. The Morgan fingerprint density at radius 3 is 2.93 bits per heavy atom. The third-order valence-electron chi connectivity index (χ3n) is 1.79. The molecule has 0 saturated heterocycles. The number of benzene rings is 1. The monoisotopic (exact) mass is 212 g/mol. The number of hydrogen-bond acceptors (Lipinski definition) is 2. The van der Waals surface area contributed by atoms with Gasteiger partial charge >= 0.3 is 0 Å². The van der Waals surface area contributed by atoms with E-state index in [2.05, 4.69) is 6.58 Å². The molecule has 0 heterocycles. The lowest BCUT2D eigenvalue weighted by molar-refractivity contribution is 0.264. The first-order chi connectivity index (χ1) is 6.79. The predicted molar refractivity (Wildman–Crippen MR) is 57.7 cm³/mol. The Balaban J connectivity index is 2.76. The fraction of sp³-hybridized carbons (Fsp3) is 0.273. The molecule has 0 aliphatic carbocycles. The van der Waals surface area contributed by atoms with E-state index in [1.165, 1.54) is 0 Å². The van der Waals surface area contributed by atoms with Crippen molar-refractivity contribution >= 4 is 11.6 Å². The van der Waals surface area contributed by atoms with Gasteiger partial charge in [0.05, 0.1) is 18.2 Å². The van der Waals surface area contributed by atoms with Crippen LogP contribution in [0, 0.1) is 0 Å². The number of aliphatic hydroxyl groups excluding tert-OH is 1. The first-order valence-electron chi connectivity index (χ1n) is 4.41. The summed E-state index contributed by atoms with van der Waals surface area (Å²) in [6.45, 7) is 4.06. The normalized spacial score (nSPS) is 9.86. The number of ether oxygens (including phenoxy) is 1. The van der Waals surface area contributed by atoms with Gasteiger partial charge in [-0.05, 0) is 12.5 Å². The van der Waals surface area contributed by atoms with Crippen LogP contribution < -0.4 is 4.74 Å². The largest absolute Gasteiger partial charge is 0.491 e. The first-order valence-corrected chi connectivity index (χ1v) is 4.79. The van der Waals surface area contributed by atoms with Crippen LogP contribution in [0.5, 0.6) is 5.75 Å². The van der Waals surface area contributed by atoms with Gasteiger partial charge in [0.2, 0.25) is 0 Å². The zero-order chi connectivity index (χ0) is 10.4. The molecule has 2 nitrogen and oxygen atoms in total. The summed E-state index contributed by atoms with van der Waals surface area (Å²) < 4.78 is 5.44. The van der Waals surface area contributed by atoms with Crippen molar-refractivity contribution in [2.24, 2.45) is 0 Å². The maximum absolute atomic E-state index is 9.04. The summed E-state index contributed by atoms with van der Waals surface area (Å²) in [5, 5.41) is 9.57. The van der Waals surface area contributed by atoms with Crippen molar-refractivity contribution in [1.29, 1.82) is 0 Å². The van der Waals surface area contributed by atoms with E-state index in [0.29, 0.717) is 22.9 Å². The summed E-state index contributed by atoms with van der Waals surface area (Å²) in [6.07, 6.45) is 2.53. The summed E-state index contributed by atoms with van der Waals surface area (Å²) in [4.78, 5) is 0. The smallest absolute Gasteiger partial charge is 0.143 e.